The van der Waals surface area contributed by atoms with E-state index in [9.17, 15) is 10.1 Å². The average molecular weight is 618 g/mol. The molecule has 0 amide bonds. The summed E-state index contributed by atoms with van der Waals surface area (Å²) in [5.74, 6) is 0. The van der Waals surface area contributed by atoms with Crippen LogP contribution in [0.25, 0.3) is 33.2 Å². The summed E-state index contributed by atoms with van der Waals surface area (Å²) in [7, 11) is 0. The number of nitrogens with one attached hydrogen (secondary N) is 1. The molecule has 0 fully saturated rings. The van der Waals surface area contributed by atoms with Crippen molar-refractivity contribution in [3.05, 3.63) is 86.1 Å². The Morgan fingerprint density at radius 1 is 0.853 bits per heavy atom. The quantitative estimate of drug-likeness (QED) is 0.124. The number of pyridine rings is 2. The van der Waals surface area contributed by atoms with Gasteiger partial charge in [0.05, 0.1) is 16.0 Å². The number of hydrogen-bond donors (Lipinski definition) is 1. The number of nitrogens with zero attached hydrogens (tertiary/aromatic N) is 3. The van der Waals surface area contributed by atoms with Crippen LogP contribution in [-0.4, -0.2) is 32.4 Å². The summed E-state index contributed by atoms with van der Waals surface area (Å²) in [6.07, 6.45) is 7.46. The van der Waals surface area contributed by atoms with Gasteiger partial charge in [-0.3, -0.25) is 15.1 Å². The highest BCUT2D eigenvalue weighted by atomic mass is 79.9. The summed E-state index contributed by atoms with van der Waals surface area (Å²) < 4.78 is 1.59. The molecule has 0 unspecified atom stereocenters. The molecule has 0 saturated heterocycles. The fourth-order valence-electron chi connectivity index (χ4n) is 3.39. The van der Waals surface area contributed by atoms with Crippen LogP contribution in [0.2, 0.25) is 0 Å². The Hall–Kier alpha value is -2.40. The van der Waals surface area contributed by atoms with Crippen LogP contribution < -0.4 is 0 Å². The highest BCUT2D eigenvalue weighted by Gasteiger charge is 2.17. The molecule has 5 aromatic rings. The number of H-pyrrole nitrogens is 1. The highest BCUT2D eigenvalue weighted by Crippen LogP contribution is 2.31. The van der Waals surface area contributed by atoms with Crippen molar-refractivity contribution in [3.8, 4) is 11.3 Å². The Labute approximate surface area is 221 Å². The predicted octanol–water partition coefficient (Wildman–Crippen LogP) is 8.34. The lowest BCUT2D eigenvalue weighted by Crippen LogP contribution is -1.94. The summed E-state index contributed by atoms with van der Waals surface area (Å²) in [5, 5.41) is 12.2. The Balaban J connectivity index is 0.000000162. The van der Waals surface area contributed by atoms with E-state index in [-0.39, 0.29) is 5.69 Å². The van der Waals surface area contributed by atoms with Gasteiger partial charge in [0, 0.05) is 53.7 Å². The van der Waals surface area contributed by atoms with Gasteiger partial charge in [0.2, 0.25) is 0 Å². The Morgan fingerprint density at radius 3 is 2.18 bits per heavy atom. The minimum atomic E-state index is -0.421. The van der Waals surface area contributed by atoms with Crippen molar-refractivity contribution < 1.29 is 4.92 Å². The van der Waals surface area contributed by atoms with E-state index in [2.05, 4.69) is 77.3 Å². The van der Waals surface area contributed by atoms with Gasteiger partial charge in [-0.2, -0.15) is 0 Å². The minimum Gasteiger partial charge on any atom is -0.353 e. The first-order valence-electron chi connectivity index (χ1n) is 9.95. The maximum atomic E-state index is 11.0. The molecule has 0 aliphatic rings. The molecule has 3 aromatic heterocycles. The molecule has 0 saturated carbocycles. The maximum Gasteiger partial charge on any atom is 0.296 e. The number of rotatable bonds is 4. The zero-order valence-electron chi connectivity index (χ0n) is 18.1. The predicted molar refractivity (Wildman–Crippen MR) is 149 cm³/mol. The normalized spacial score (nSPS) is 10.8. The third kappa shape index (κ3) is 5.46. The SMILES string of the molecule is CSc1ccc(-c2ncc(Br)cc2[N+](=O)[O-])cc1.CSc1ccc2c(c1)[nH]c1cc(Br)cnc12. The molecule has 0 spiro atoms. The van der Waals surface area contributed by atoms with E-state index >= 15 is 0 Å². The Bertz CT molecular complexity index is 1490. The van der Waals surface area contributed by atoms with Gasteiger partial charge < -0.3 is 4.98 Å². The van der Waals surface area contributed by atoms with E-state index in [0.29, 0.717) is 10.2 Å². The minimum absolute atomic E-state index is 0.00118. The number of nitro groups is 1. The molecule has 5 rings (SSSR count). The van der Waals surface area contributed by atoms with Gasteiger partial charge in [0.15, 0.2) is 0 Å². The summed E-state index contributed by atoms with van der Waals surface area (Å²) >= 11 is 9.99. The summed E-state index contributed by atoms with van der Waals surface area (Å²) in [5.41, 5.74) is 4.38. The second-order valence-corrected chi connectivity index (χ2v) is 10.7. The molecule has 0 atom stereocenters. The number of hydrogen-bond acceptors (Lipinski definition) is 6. The van der Waals surface area contributed by atoms with Crippen LogP contribution in [-0.2, 0) is 0 Å². The van der Waals surface area contributed by atoms with Gasteiger partial charge in [-0.05, 0) is 80.8 Å². The molecular weight excluding hydrogens is 600 g/mol. The monoisotopic (exact) mass is 616 g/mol. The molecule has 0 aliphatic heterocycles. The van der Waals surface area contributed by atoms with Crippen molar-refractivity contribution in [1.29, 1.82) is 0 Å². The molecule has 0 bridgehead atoms. The maximum absolute atomic E-state index is 11.0. The van der Waals surface area contributed by atoms with Crippen LogP contribution in [0.1, 0.15) is 0 Å². The number of benzene rings is 2. The van der Waals surface area contributed by atoms with Crippen LogP contribution in [0.5, 0.6) is 0 Å². The molecule has 10 heteroatoms. The van der Waals surface area contributed by atoms with Crippen molar-refractivity contribution >= 4 is 83.0 Å². The third-order valence-electron chi connectivity index (χ3n) is 5.00. The molecule has 6 nitrogen and oxygen atoms in total. The topological polar surface area (TPSA) is 84.7 Å². The molecular formula is C24H18Br2N4O2S2. The van der Waals surface area contributed by atoms with Crippen LogP contribution >= 0.6 is 55.4 Å². The van der Waals surface area contributed by atoms with Crippen molar-refractivity contribution in [2.75, 3.05) is 12.5 Å². The van der Waals surface area contributed by atoms with Crippen molar-refractivity contribution in [2.45, 2.75) is 9.79 Å². The number of fused-ring (bicyclic) bond motifs is 3. The first kappa shape index (κ1) is 24.7. The molecule has 0 aliphatic carbocycles. The van der Waals surface area contributed by atoms with E-state index < -0.39 is 4.92 Å². The molecule has 172 valence electrons. The van der Waals surface area contributed by atoms with Crippen LogP contribution in [0, 0.1) is 10.1 Å². The summed E-state index contributed by atoms with van der Waals surface area (Å²) in [6.45, 7) is 0. The third-order valence-corrected chi connectivity index (χ3v) is 7.34. The second-order valence-electron chi connectivity index (χ2n) is 7.09. The van der Waals surface area contributed by atoms with Gasteiger partial charge >= 0.3 is 0 Å². The van der Waals surface area contributed by atoms with Gasteiger partial charge in [-0.15, -0.1) is 23.5 Å². The van der Waals surface area contributed by atoms with Gasteiger partial charge in [0.1, 0.15) is 5.69 Å². The lowest BCUT2D eigenvalue weighted by molar-refractivity contribution is -0.384. The summed E-state index contributed by atoms with van der Waals surface area (Å²) in [6, 6.07) is 17.5. The van der Waals surface area contributed by atoms with Gasteiger partial charge in [-0.1, -0.05) is 12.1 Å². The highest BCUT2D eigenvalue weighted by molar-refractivity contribution is 9.10. The average Bonchev–Trinajstić information content (AvgIpc) is 3.21. The van der Waals surface area contributed by atoms with E-state index in [4.69, 9.17) is 0 Å². The fraction of sp³-hybridized carbons (Fsp3) is 0.0833. The van der Waals surface area contributed by atoms with E-state index in [1.54, 1.807) is 29.7 Å². The van der Waals surface area contributed by atoms with Crippen molar-refractivity contribution in [3.63, 3.8) is 0 Å². The molecule has 3 heterocycles. The molecule has 2 aromatic carbocycles. The molecule has 1 N–H and O–H groups in total. The summed E-state index contributed by atoms with van der Waals surface area (Å²) in [4.78, 5) is 24.9. The lowest BCUT2D eigenvalue weighted by Gasteiger charge is -2.03. The number of halogens is 2. The van der Waals surface area contributed by atoms with E-state index in [0.717, 1.165) is 31.5 Å². The second kappa shape index (κ2) is 10.9. The zero-order chi connectivity index (χ0) is 24.2. The smallest absolute Gasteiger partial charge is 0.296 e. The van der Waals surface area contributed by atoms with Crippen molar-refractivity contribution in [1.82, 2.24) is 15.0 Å². The standard InChI is InChI=1S/C12H9BrN2O2S.C12H9BrN2S/c1-18-10-4-2-8(3-5-10)12-11(15(16)17)6-9(13)7-14-12;1-16-8-2-3-9-10(5-8)15-11-4-7(13)6-14-12(9)11/h2-7H,1H3;2-6,15H,1H3. The molecule has 0 radical (unpaired) electrons. The number of thioether (sulfide) groups is 2. The Kier molecular flexibility index (Phi) is 7.92. The first-order chi connectivity index (χ1) is 16.4. The first-order valence-corrected chi connectivity index (χ1v) is 14.0. The van der Waals surface area contributed by atoms with E-state index in [1.807, 2.05) is 36.7 Å². The lowest BCUT2D eigenvalue weighted by atomic mass is 10.1. The van der Waals surface area contributed by atoms with Crippen LogP contribution in [0.15, 0.2) is 85.7 Å². The largest absolute Gasteiger partial charge is 0.353 e. The van der Waals surface area contributed by atoms with E-state index in [1.165, 1.54) is 16.3 Å². The zero-order valence-corrected chi connectivity index (χ0v) is 22.9. The van der Waals surface area contributed by atoms with Gasteiger partial charge in [-0.25, -0.2) is 4.98 Å². The fourth-order valence-corrected chi connectivity index (χ4v) is 4.89. The van der Waals surface area contributed by atoms with Crippen molar-refractivity contribution in [2.24, 2.45) is 0 Å². The Morgan fingerprint density at radius 2 is 1.50 bits per heavy atom. The molecule has 34 heavy (non-hydrogen) atoms. The number of aromatic amines is 1. The number of aromatic nitrogens is 3. The van der Waals surface area contributed by atoms with Crippen LogP contribution in [0.3, 0.4) is 0 Å². The van der Waals surface area contributed by atoms with Gasteiger partial charge in [0.25, 0.3) is 5.69 Å². The van der Waals surface area contributed by atoms with Crippen LogP contribution in [0.4, 0.5) is 5.69 Å².